The Hall–Kier alpha value is -1.07. The normalized spacial score (nSPS) is 18.6. The van der Waals surface area contributed by atoms with Crippen molar-refractivity contribution in [2.24, 2.45) is 5.41 Å². The number of hydrogen-bond donors (Lipinski definition) is 2. The molecule has 2 rings (SSSR count). The predicted molar refractivity (Wildman–Crippen MR) is 86.7 cm³/mol. The van der Waals surface area contributed by atoms with Gasteiger partial charge in [0.2, 0.25) is 10.0 Å². The first-order valence-corrected chi connectivity index (χ1v) is 9.09. The van der Waals surface area contributed by atoms with Crippen molar-refractivity contribution < 1.29 is 8.42 Å². The van der Waals surface area contributed by atoms with Gasteiger partial charge < -0.3 is 5.73 Å². The lowest BCUT2D eigenvalue weighted by atomic mass is 9.76. The highest BCUT2D eigenvalue weighted by Crippen LogP contribution is 2.35. The molecular formula is C16H26N2O2S. The maximum atomic E-state index is 12.6. The van der Waals surface area contributed by atoms with Gasteiger partial charge in [0.05, 0.1) is 4.90 Å². The number of hydrogen-bond acceptors (Lipinski definition) is 3. The maximum absolute atomic E-state index is 12.6. The van der Waals surface area contributed by atoms with Crippen molar-refractivity contribution in [3.8, 4) is 0 Å². The van der Waals surface area contributed by atoms with Crippen molar-refractivity contribution >= 4 is 15.7 Å². The zero-order valence-corrected chi connectivity index (χ0v) is 14.0. The van der Waals surface area contributed by atoms with Gasteiger partial charge in [-0.2, -0.15) is 0 Å². The van der Waals surface area contributed by atoms with E-state index in [0.29, 0.717) is 22.7 Å². The van der Waals surface area contributed by atoms with Gasteiger partial charge in [-0.25, -0.2) is 13.1 Å². The van der Waals surface area contributed by atoms with Crippen LogP contribution in [0, 0.1) is 19.3 Å². The van der Waals surface area contributed by atoms with Crippen LogP contribution in [0.1, 0.15) is 50.2 Å². The van der Waals surface area contributed by atoms with Crippen LogP contribution >= 0.6 is 0 Å². The molecule has 0 aliphatic heterocycles. The predicted octanol–water partition coefficient (Wildman–Crippen LogP) is 3.13. The first-order valence-electron chi connectivity index (χ1n) is 7.61. The number of aryl methyl sites for hydroxylation is 1. The highest BCUT2D eigenvalue weighted by Gasteiger charge is 2.29. The Morgan fingerprint density at radius 1 is 1.19 bits per heavy atom. The largest absolute Gasteiger partial charge is 0.398 e. The zero-order valence-electron chi connectivity index (χ0n) is 13.2. The molecule has 118 valence electrons. The van der Waals surface area contributed by atoms with Crippen LogP contribution in [0.15, 0.2) is 17.0 Å². The first-order chi connectivity index (χ1) is 9.75. The van der Waals surface area contributed by atoms with Crippen molar-refractivity contribution in [1.29, 1.82) is 0 Å². The smallest absolute Gasteiger partial charge is 0.241 e. The summed E-state index contributed by atoms with van der Waals surface area (Å²) in [4.78, 5) is 0.335. The minimum Gasteiger partial charge on any atom is -0.398 e. The molecule has 0 amide bonds. The fraction of sp³-hybridized carbons (Fsp3) is 0.625. The summed E-state index contributed by atoms with van der Waals surface area (Å²) in [5, 5.41) is 0. The third-order valence-corrected chi connectivity index (χ3v) is 6.35. The molecule has 0 radical (unpaired) electrons. The molecule has 1 aliphatic rings. The topological polar surface area (TPSA) is 72.2 Å². The number of rotatable bonds is 4. The van der Waals surface area contributed by atoms with Crippen molar-refractivity contribution in [2.45, 2.75) is 57.8 Å². The number of nitrogens with two attached hydrogens (primary N) is 1. The number of nitrogens with one attached hydrogen (secondary N) is 1. The molecule has 1 aliphatic carbocycles. The number of benzene rings is 1. The fourth-order valence-electron chi connectivity index (χ4n) is 3.18. The SMILES string of the molecule is Cc1ccc(N)c(C)c1S(=O)(=O)NCC1(C)CCCCC1. The van der Waals surface area contributed by atoms with E-state index in [4.69, 9.17) is 5.73 Å². The van der Waals surface area contributed by atoms with Gasteiger partial charge in [-0.3, -0.25) is 0 Å². The van der Waals surface area contributed by atoms with Crippen LogP contribution in [0.2, 0.25) is 0 Å². The van der Waals surface area contributed by atoms with Gasteiger partial charge in [-0.15, -0.1) is 0 Å². The van der Waals surface area contributed by atoms with Gasteiger partial charge >= 0.3 is 0 Å². The second-order valence-electron chi connectivity index (χ2n) is 6.62. The molecule has 3 N–H and O–H groups in total. The van der Waals surface area contributed by atoms with E-state index in [9.17, 15) is 8.42 Å². The van der Waals surface area contributed by atoms with E-state index >= 15 is 0 Å². The quantitative estimate of drug-likeness (QED) is 0.839. The molecule has 4 nitrogen and oxygen atoms in total. The van der Waals surface area contributed by atoms with E-state index in [2.05, 4.69) is 11.6 Å². The van der Waals surface area contributed by atoms with Crippen molar-refractivity contribution in [2.75, 3.05) is 12.3 Å². The fourth-order valence-corrected chi connectivity index (χ4v) is 4.88. The molecule has 0 unspecified atom stereocenters. The molecule has 1 aromatic rings. The van der Waals surface area contributed by atoms with E-state index in [1.165, 1.54) is 19.3 Å². The van der Waals surface area contributed by atoms with Gasteiger partial charge in [0.1, 0.15) is 0 Å². The molecule has 0 heterocycles. The third kappa shape index (κ3) is 3.58. The molecule has 1 fully saturated rings. The van der Waals surface area contributed by atoms with Gasteiger partial charge in [-0.05, 0) is 49.3 Å². The molecule has 1 aromatic carbocycles. The zero-order chi connectivity index (χ0) is 15.7. The van der Waals surface area contributed by atoms with Crippen LogP contribution in [0.5, 0.6) is 0 Å². The Kier molecular flexibility index (Phi) is 4.63. The lowest BCUT2D eigenvalue weighted by molar-refractivity contribution is 0.219. The number of nitrogen functional groups attached to an aromatic ring is 1. The Morgan fingerprint density at radius 3 is 2.43 bits per heavy atom. The van der Waals surface area contributed by atoms with Crippen LogP contribution < -0.4 is 10.5 Å². The van der Waals surface area contributed by atoms with Crippen LogP contribution in [0.3, 0.4) is 0 Å². The second-order valence-corrected chi connectivity index (χ2v) is 8.33. The summed E-state index contributed by atoms with van der Waals surface area (Å²) in [7, 11) is -3.51. The van der Waals surface area contributed by atoms with Crippen molar-refractivity contribution in [3.63, 3.8) is 0 Å². The third-order valence-electron chi connectivity index (χ3n) is 4.66. The summed E-state index contributed by atoms with van der Waals surface area (Å²) in [5.74, 6) is 0. The monoisotopic (exact) mass is 310 g/mol. The molecule has 21 heavy (non-hydrogen) atoms. The summed E-state index contributed by atoms with van der Waals surface area (Å²) in [6, 6.07) is 3.52. The molecule has 0 bridgehead atoms. The Balaban J connectivity index is 2.21. The average Bonchev–Trinajstić information content (AvgIpc) is 2.42. The molecule has 5 heteroatoms. The Morgan fingerprint density at radius 2 is 1.81 bits per heavy atom. The van der Waals surface area contributed by atoms with Crippen LogP contribution in [0.25, 0.3) is 0 Å². The van der Waals surface area contributed by atoms with Gasteiger partial charge in [0.25, 0.3) is 0 Å². The number of anilines is 1. The van der Waals surface area contributed by atoms with Crippen LogP contribution in [-0.2, 0) is 10.0 Å². The van der Waals surface area contributed by atoms with Crippen molar-refractivity contribution in [3.05, 3.63) is 23.3 Å². The minimum atomic E-state index is -3.51. The summed E-state index contributed by atoms with van der Waals surface area (Å²) in [6.45, 7) is 6.25. The highest BCUT2D eigenvalue weighted by molar-refractivity contribution is 7.89. The molecular weight excluding hydrogens is 284 g/mol. The Bertz CT molecular complexity index is 617. The first kappa shape index (κ1) is 16.3. The molecule has 0 spiro atoms. The summed E-state index contributed by atoms with van der Waals surface area (Å²) < 4.78 is 28.1. The maximum Gasteiger partial charge on any atom is 0.241 e. The second kappa shape index (κ2) is 5.97. The van der Waals surface area contributed by atoms with E-state index in [0.717, 1.165) is 18.4 Å². The summed E-state index contributed by atoms with van der Waals surface area (Å²) in [6.07, 6.45) is 5.81. The molecule has 0 atom stereocenters. The van der Waals surface area contributed by atoms with Crippen molar-refractivity contribution in [1.82, 2.24) is 4.72 Å². The van der Waals surface area contributed by atoms with E-state index in [1.807, 2.05) is 6.92 Å². The molecule has 0 aromatic heterocycles. The lowest BCUT2D eigenvalue weighted by Crippen LogP contribution is -2.37. The number of sulfonamides is 1. The molecule has 0 saturated heterocycles. The highest BCUT2D eigenvalue weighted by atomic mass is 32.2. The van der Waals surface area contributed by atoms with Crippen LogP contribution in [-0.4, -0.2) is 15.0 Å². The average molecular weight is 310 g/mol. The van der Waals surface area contributed by atoms with Gasteiger partial charge in [-0.1, -0.05) is 32.3 Å². The van der Waals surface area contributed by atoms with Crippen LogP contribution in [0.4, 0.5) is 5.69 Å². The minimum absolute atomic E-state index is 0.0768. The lowest BCUT2D eigenvalue weighted by Gasteiger charge is -2.33. The van der Waals surface area contributed by atoms with E-state index in [1.54, 1.807) is 19.1 Å². The molecule has 1 saturated carbocycles. The van der Waals surface area contributed by atoms with E-state index < -0.39 is 10.0 Å². The standard InChI is InChI=1S/C16H26N2O2S/c1-12-7-8-14(17)13(2)15(12)21(19,20)18-11-16(3)9-5-4-6-10-16/h7-8,18H,4-6,9-11,17H2,1-3H3. The summed E-state index contributed by atoms with van der Waals surface area (Å²) in [5.41, 5.74) is 7.83. The van der Waals surface area contributed by atoms with Gasteiger partial charge in [0.15, 0.2) is 0 Å². The summed E-state index contributed by atoms with van der Waals surface area (Å²) >= 11 is 0. The van der Waals surface area contributed by atoms with Gasteiger partial charge in [0, 0.05) is 12.2 Å². The van der Waals surface area contributed by atoms with E-state index in [-0.39, 0.29) is 5.41 Å². The Labute approximate surface area is 128 Å².